The molecule has 0 radical (unpaired) electrons. The zero-order valence-electron chi connectivity index (χ0n) is 11.7. The zero-order chi connectivity index (χ0) is 15.4. The van der Waals surface area contributed by atoms with Crippen molar-refractivity contribution >= 4 is 23.2 Å². The number of pyridine rings is 1. The van der Waals surface area contributed by atoms with Gasteiger partial charge >= 0.3 is 0 Å². The summed E-state index contributed by atoms with van der Waals surface area (Å²) in [5.74, 6) is 1.55. The Hall–Kier alpha value is -2.03. The van der Waals surface area contributed by atoms with Gasteiger partial charge in [-0.15, -0.1) is 0 Å². The van der Waals surface area contributed by atoms with Gasteiger partial charge in [-0.1, -0.05) is 35.3 Å². The Morgan fingerprint density at radius 1 is 0.818 bits per heavy atom. The van der Waals surface area contributed by atoms with Crippen molar-refractivity contribution in [2.75, 3.05) is 0 Å². The number of ether oxygens (including phenoxy) is 1. The first kappa shape index (κ1) is 14.9. The van der Waals surface area contributed by atoms with Gasteiger partial charge in [-0.25, -0.2) is 0 Å². The summed E-state index contributed by atoms with van der Waals surface area (Å²) in [6.07, 6.45) is 4.13. The first-order valence-electron chi connectivity index (χ1n) is 6.81. The largest absolute Gasteiger partial charge is 0.457 e. The molecule has 0 unspecified atom stereocenters. The third kappa shape index (κ3) is 3.79. The smallest absolute Gasteiger partial charge is 0.130 e. The molecule has 0 aliphatic rings. The fourth-order valence-electron chi connectivity index (χ4n) is 2.12. The maximum atomic E-state index is 6.20. The Labute approximate surface area is 139 Å². The highest BCUT2D eigenvalue weighted by Crippen LogP contribution is 2.25. The van der Waals surface area contributed by atoms with Gasteiger partial charge in [-0.3, -0.25) is 4.98 Å². The summed E-state index contributed by atoms with van der Waals surface area (Å²) in [6, 6.07) is 17.1. The van der Waals surface area contributed by atoms with E-state index in [-0.39, 0.29) is 0 Å². The van der Waals surface area contributed by atoms with Crippen molar-refractivity contribution in [3.05, 3.63) is 88.2 Å². The molecule has 4 heteroatoms. The molecule has 0 N–H and O–H groups in total. The van der Waals surface area contributed by atoms with Crippen molar-refractivity contribution in [1.29, 1.82) is 0 Å². The average Bonchev–Trinajstić information content (AvgIpc) is 2.54. The SMILES string of the molecule is Clc1ccc(Cl)c(Cc2ccc(Oc3ccncc3)cc2)c1. The fraction of sp³-hybridized carbons (Fsp3) is 0.0556. The molecular weight excluding hydrogens is 317 g/mol. The van der Waals surface area contributed by atoms with Crippen LogP contribution >= 0.6 is 23.2 Å². The van der Waals surface area contributed by atoms with E-state index in [1.807, 2.05) is 48.5 Å². The van der Waals surface area contributed by atoms with Crippen LogP contribution in [0.25, 0.3) is 0 Å². The lowest BCUT2D eigenvalue weighted by Gasteiger charge is -2.08. The van der Waals surface area contributed by atoms with Crippen molar-refractivity contribution < 1.29 is 4.74 Å². The molecule has 0 fully saturated rings. The Balaban J connectivity index is 1.73. The number of hydrogen-bond donors (Lipinski definition) is 0. The molecule has 1 aromatic heterocycles. The molecule has 0 aliphatic heterocycles. The van der Waals surface area contributed by atoms with Gasteiger partial charge in [0.05, 0.1) is 0 Å². The van der Waals surface area contributed by atoms with E-state index in [0.717, 1.165) is 34.1 Å². The van der Waals surface area contributed by atoms with E-state index in [1.165, 1.54) is 0 Å². The second-order valence-electron chi connectivity index (χ2n) is 4.84. The Morgan fingerprint density at radius 2 is 1.50 bits per heavy atom. The lowest BCUT2D eigenvalue weighted by molar-refractivity contribution is 0.482. The van der Waals surface area contributed by atoms with Crippen LogP contribution < -0.4 is 4.74 Å². The second-order valence-corrected chi connectivity index (χ2v) is 5.69. The minimum absolute atomic E-state index is 0.692. The molecule has 2 nitrogen and oxygen atoms in total. The van der Waals surface area contributed by atoms with Gasteiger partial charge in [0.25, 0.3) is 0 Å². The predicted octanol–water partition coefficient (Wildman–Crippen LogP) is 5.77. The number of rotatable bonds is 4. The lowest BCUT2D eigenvalue weighted by Crippen LogP contribution is -1.90. The van der Waals surface area contributed by atoms with Crippen LogP contribution in [0.15, 0.2) is 67.0 Å². The Morgan fingerprint density at radius 3 is 2.23 bits per heavy atom. The van der Waals surface area contributed by atoms with Gasteiger partial charge in [0, 0.05) is 22.4 Å². The number of aromatic nitrogens is 1. The lowest BCUT2D eigenvalue weighted by atomic mass is 10.0. The average molecular weight is 330 g/mol. The molecule has 0 saturated carbocycles. The molecule has 0 spiro atoms. The molecule has 0 saturated heterocycles. The molecule has 3 aromatic rings. The predicted molar refractivity (Wildman–Crippen MR) is 90.0 cm³/mol. The first-order chi connectivity index (χ1) is 10.7. The monoisotopic (exact) mass is 329 g/mol. The van der Waals surface area contributed by atoms with Crippen LogP contribution in [0.3, 0.4) is 0 Å². The quantitative estimate of drug-likeness (QED) is 0.606. The van der Waals surface area contributed by atoms with Crippen molar-refractivity contribution in [2.24, 2.45) is 0 Å². The topological polar surface area (TPSA) is 22.1 Å². The third-order valence-electron chi connectivity index (χ3n) is 3.21. The zero-order valence-corrected chi connectivity index (χ0v) is 13.2. The van der Waals surface area contributed by atoms with Gasteiger partial charge in [-0.2, -0.15) is 0 Å². The van der Waals surface area contributed by atoms with Crippen molar-refractivity contribution in [1.82, 2.24) is 4.98 Å². The van der Waals surface area contributed by atoms with Gasteiger partial charge in [0.2, 0.25) is 0 Å². The van der Waals surface area contributed by atoms with Crippen LogP contribution in [0.1, 0.15) is 11.1 Å². The van der Waals surface area contributed by atoms with Crippen molar-refractivity contribution in [2.45, 2.75) is 6.42 Å². The standard InChI is InChI=1S/C18H13Cl2NO/c19-15-3-6-18(20)14(12-15)11-13-1-4-16(5-2-13)22-17-7-9-21-10-8-17/h1-10,12H,11H2. The van der Waals surface area contributed by atoms with Crippen LogP contribution in [-0.4, -0.2) is 4.98 Å². The minimum atomic E-state index is 0.692. The summed E-state index contributed by atoms with van der Waals surface area (Å²) in [5, 5.41) is 1.42. The number of hydrogen-bond acceptors (Lipinski definition) is 2. The van der Waals surface area contributed by atoms with E-state index in [9.17, 15) is 0 Å². The number of benzene rings is 2. The highest BCUT2D eigenvalue weighted by molar-refractivity contribution is 6.33. The highest BCUT2D eigenvalue weighted by Gasteiger charge is 2.04. The summed E-state index contributed by atoms with van der Waals surface area (Å²) in [6.45, 7) is 0. The molecule has 0 bridgehead atoms. The summed E-state index contributed by atoms with van der Waals surface area (Å²) >= 11 is 12.2. The van der Waals surface area contributed by atoms with E-state index in [4.69, 9.17) is 27.9 Å². The second kappa shape index (κ2) is 6.82. The summed E-state index contributed by atoms with van der Waals surface area (Å²) in [7, 11) is 0. The summed E-state index contributed by atoms with van der Waals surface area (Å²) < 4.78 is 5.74. The molecule has 22 heavy (non-hydrogen) atoms. The van der Waals surface area contributed by atoms with E-state index in [0.29, 0.717) is 5.02 Å². The van der Waals surface area contributed by atoms with Crippen LogP contribution in [0.5, 0.6) is 11.5 Å². The Kier molecular flexibility index (Phi) is 4.62. The summed E-state index contributed by atoms with van der Waals surface area (Å²) in [4.78, 5) is 3.96. The fourth-order valence-corrected chi connectivity index (χ4v) is 2.50. The van der Waals surface area contributed by atoms with Gasteiger partial charge in [0.15, 0.2) is 0 Å². The molecule has 3 rings (SSSR count). The molecule has 2 aromatic carbocycles. The van der Waals surface area contributed by atoms with Crippen LogP contribution in [0, 0.1) is 0 Å². The van der Waals surface area contributed by atoms with Gasteiger partial charge < -0.3 is 4.74 Å². The van der Waals surface area contributed by atoms with Gasteiger partial charge in [-0.05, 0) is 60.0 Å². The number of nitrogens with zero attached hydrogens (tertiary/aromatic N) is 1. The van der Waals surface area contributed by atoms with E-state index < -0.39 is 0 Å². The molecule has 0 aliphatic carbocycles. The summed E-state index contributed by atoms with van der Waals surface area (Å²) in [5.41, 5.74) is 2.16. The molecular formula is C18H13Cl2NO. The van der Waals surface area contributed by atoms with Crippen LogP contribution in [-0.2, 0) is 6.42 Å². The Bertz CT molecular complexity index is 758. The third-order valence-corrected chi connectivity index (χ3v) is 3.81. The van der Waals surface area contributed by atoms with Crippen LogP contribution in [0.4, 0.5) is 0 Å². The maximum absolute atomic E-state index is 6.20. The number of halogens is 2. The molecule has 1 heterocycles. The minimum Gasteiger partial charge on any atom is -0.457 e. The van der Waals surface area contributed by atoms with E-state index >= 15 is 0 Å². The molecule has 0 amide bonds. The normalized spacial score (nSPS) is 10.5. The van der Waals surface area contributed by atoms with Crippen molar-refractivity contribution in [3.8, 4) is 11.5 Å². The van der Waals surface area contributed by atoms with E-state index in [1.54, 1.807) is 18.5 Å². The molecule has 0 atom stereocenters. The molecule has 110 valence electrons. The van der Waals surface area contributed by atoms with Gasteiger partial charge in [0.1, 0.15) is 11.5 Å². The maximum Gasteiger partial charge on any atom is 0.130 e. The first-order valence-corrected chi connectivity index (χ1v) is 7.57. The van der Waals surface area contributed by atoms with E-state index in [2.05, 4.69) is 4.98 Å². The van der Waals surface area contributed by atoms with Crippen LogP contribution in [0.2, 0.25) is 10.0 Å². The van der Waals surface area contributed by atoms with Crippen molar-refractivity contribution in [3.63, 3.8) is 0 Å². The highest BCUT2D eigenvalue weighted by atomic mass is 35.5.